The number of carbonyl (C=O) groups is 1. The number of aromatic nitrogens is 4. The zero-order chi connectivity index (χ0) is 23.4. The average Bonchev–Trinajstić information content (AvgIpc) is 3.25. The number of anilines is 2. The molecule has 1 N–H and O–H groups in total. The van der Waals surface area contributed by atoms with Crippen molar-refractivity contribution in [3.8, 4) is 0 Å². The third-order valence-electron chi connectivity index (χ3n) is 5.36. The number of piperazine rings is 1. The second kappa shape index (κ2) is 9.51. The second-order valence-electron chi connectivity index (χ2n) is 7.45. The fraction of sp³-hybridized carbons (Fsp3) is 0.333. The Morgan fingerprint density at radius 2 is 1.97 bits per heavy atom. The maximum absolute atomic E-state index is 11.8. The monoisotopic (exact) mass is 452 g/mol. The lowest BCUT2D eigenvalue weighted by Crippen LogP contribution is -2.49. The van der Waals surface area contributed by atoms with Gasteiger partial charge in [-0.2, -0.15) is 9.97 Å². The van der Waals surface area contributed by atoms with Crippen LogP contribution in [0.4, 0.5) is 22.2 Å². The van der Waals surface area contributed by atoms with Gasteiger partial charge in [-0.3, -0.25) is 10.1 Å². The van der Waals surface area contributed by atoms with E-state index in [2.05, 4.69) is 21.9 Å². The molecule has 12 nitrogen and oxygen atoms in total. The molecule has 0 spiro atoms. The largest absolute Gasteiger partial charge is 0.453 e. The van der Waals surface area contributed by atoms with Crippen molar-refractivity contribution in [3.05, 3.63) is 58.9 Å². The normalized spacial score (nSPS) is 13.7. The van der Waals surface area contributed by atoms with Gasteiger partial charge in [-0.15, -0.1) is 6.58 Å². The summed E-state index contributed by atoms with van der Waals surface area (Å²) < 4.78 is 6.68. The molecular formula is C21H24N8O4. The van der Waals surface area contributed by atoms with Gasteiger partial charge in [-0.05, 0) is 5.56 Å². The molecule has 3 aromatic rings. The standard InChI is InChI=1S/C21H24N8O4/c1-3-8-22-18-17-19(25-20(24-18)26-9-11-27(12-10-26)21(30)33-2)28(14-23-17)13-15-4-6-16(7-5-15)29(31)32/h3-7,14H,1,8-13H2,2H3,(H,22,24,25). The summed E-state index contributed by atoms with van der Waals surface area (Å²) >= 11 is 0. The first kappa shape index (κ1) is 22.0. The van der Waals surface area contributed by atoms with Crippen LogP contribution in [0, 0.1) is 10.1 Å². The minimum absolute atomic E-state index is 0.0425. The number of amides is 1. The fourth-order valence-electron chi connectivity index (χ4n) is 3.62. The van der Waals surface area contributed by atoms with Gasteiger partial charge < -0.3 is 24.4 Å². The van der Waals surface area contributed by atoms with Crippen LogP contribution in [-0.4, -0.2) is 75.3 Å². The fourth-order valence-corrected chi connectivity index (χ4v) is 3.62. The third kappa shape index (κ3) is 4.68. The van der Waals surface area contributed by atoms with E-state index in [4.69, 9.17) is 9.72 Å². The molecule has 1 amide bonds. The van der Waals surface area contributed by atoms with Gasteiger partial charge in [-0.1, -0.05) is 18.2 Å². The zero-order valence-electron chi connectivity index (χ0n) is 18.2. The molecule has 4 rings (SSSR count). The first-order valence-corrected chi connectivity index (χ1v) is 10.4. The number of carbonyl (C=O) groups excluding carboxylic acids is 1. The lowest BCUT2D eigenvalue weighted by Gasteiger charge is -2.33. The Balaban J connectivity index is 1.63. The molecule has 1 fully saturated rings. The lowest BCUT2D eigenvalue weighted by atomic mass is 10.2. The number of methoxy groups -OCH3 is 1. The summed E-state index contributed by atoms with van der Waals surface area (Å²) in [6.07, 6.45) is 3.07. The van der Waals surface area contributed by atoms with Crippen molar-refractivity contribution in [1.29, 1.82) is 0 Å². The molecule has 0 aliphatic carbocycles. The van der Waals surface area contributed by atoms with Crippen LogP contribution in [-0.2, 0) is 11.3 Å². The van der Waals surface area contributed by atoms with Gasteiger partial charge in [-0.25, -0.2) is 9.78 Å². The number of benzene rings is 1. The second-order valence-corrected chi connectivity index (χ2v) is 7.45. The Hall–Kier alpha value is -4.22. The molecule has 0 atom stereocenters. The predicted molar refractivity (Wildman–Crippen MR) is 122 cm³/mol. The van der Waals surface area contributed by atoms with E-state index in [0.717, 1.165) is 5.56 Å². The number of rotatable bonds is 7. The molecule has 1 aliphatic rings. The zero-order valence-corrected chi connectivity index (χ0v) is 18.2. The van der Waals surface area contributed by atoms with Crippen LogP contribution in [0.2, 0.25) is 0 Å². The lowest BCUT2D eigenvalue weighted by molar-refractivity contribution is -0.384. The van der Waals surface area contributed by atoms with E-state index in [9.17, 15) is 14.9 Å². The molecule has 0 bridgehead atoms. The predicted octanol–water partition coefficient (Wildman–Crippen LogP) is 2.27. The number of fused-ring (bicyclic) bond motifs is 1. The SMILES string of the molecule is C=CCNc1nc(N2CCN(C(=O)OC)CC2)nc2c1ncn2Cc1ccc([N+](=O)[O-])cc1. The number of nitro benzene ring substituents is 1. The minimum Gasteiger partial charge on any atom is -0.453 e. The van der Waals surface area contributed by atoms with Crippen LogP contribution in [0.15, 0.2) is 43.2 Å². The summed E-state index contributed by atoms with van der Waals surface area (Å²) in [7, 11) is 1.37. The van der Waals surface area contributed by atoms with E-state index in [1.807, 2.05) is 9.47 Å². The molecule has 33 heavy (non-hydrogen) atoms. The van der Waals surface area contributed by atoms with Crippen molar-refractivity contribution in [3.63, 3.8) is 0 Å². The summed E-state index contributed by atoms with van der Waals surface area (Å²) in [6.45, 7) is 6.85. The number of nitrogens with one attached hydrogen (secondary N) is 1. The Kier molecular flexibility index (Phi) is 6.33. The number of non-ortho nitro benzene ring substituents is 1. The molecule has 1 aliphatic heterocycles. The van der Waals surface area contributed by atoms with Crippen molar-refractivity contribution in [1.82, 2.24) is 24.4 Å². The van der Waals surface area contributed by atoms with Gasteiger partial charge in [0.05, 0.1) is 24.9 Å². The van der Waals surface area contributed by atoms with Gasteiger partial charge in [0.15, 0.2) is 17.0 Å². The number of nitrogens with zero attached hydrogens (tertiary/aromatic N) is 7. The van der Waals surface area contributed by atoms with E-state index in [0.29, 0.717) is 62.2 Å². The Morgan fingerprint density at radius 3 is 2.61 bits per heavy atom. The molecule has 2 aromatic heterocycles. The Bertz CT molecular complexity index is 1170. The maximum Gasteiger partial charge on any atom is 0.409 e. The highest BCUT2D eigenvalue weighted by Crippen LogP contribution is 2.24. The Labute approximate surface area is 189 Å². The van der Waals surface area contributed by atoms with Gasteiger partial charge in [0.2, 0.25) is 5.95 Å². The first-order chi connectivity index (χ1) is 16.0. The topological polar surface area (TPSA) is 132 Å². The summed E-state index contributed by atoms with van der Waals surface area (Å²) in [5, 5.41) is 14.1. The van der Waals surface area contributed by atoms with Crippen LogP contribution in [0.1, 0.15) is 5.56 Å². The average molecular weight is 452 g/mol. The quantitative estimate of drug-likeness (QED) is 0.326. The molecule has 12 heteroatoms. The van der Waals surface area contributed by atoms with Crippen molar-refractivity contribution in [2.75, 3.05) is 50.1 Å². The molecule has 1 saturated heterocycles. The smallest absolute Gasteiger partial charge is 0.409 e. The molecule has 1 aromatic carbocycles. The van der Waals surface area contributed by atoms with Gasteiger partial charge in [0.25, 0.3) is 5.69 Å². The third-order valence-corrected chi connectivity index (χ3v) is 5.36. The van der Waals surface area contributed by atoms with Crippen LogP contribution < -0.4 is 10.2 Å². The summed E-state index contributed by atoms with van der Waals surface area (Å²) in [4.78, 5) is 39.9. The minimum atomic E-state index is -0.423. The first-order valence-electron chi connectivity index (χ1n) is 10.4. The molecular weight excluding hydrogens is 428 g/mol. The van der Waals surface area contributed by atoms with Crippen LogP contribution >= 0.6 is 0 Å². The van der Waals surface area contributed by atoms with E-state index in [1.165, 1.54) is 19.2 Å². The van der Waals surface area contributed by atoms with E-state index in [1.54, 1.807) is 29.4 Å². The highest BCUT2D eigenvalue weighted by molar-refractivity contribution is 5.84. The highest BCUT2D eigenvalue weighted by Gasteiger charge is 2.24. The number of nitro groups is 1. The molecule has 3 heterocycles. The molecule has 0 radical (unpaired) electrons. The summed E-state index contributed by atoms with van der Waals surface area (Å²) in [5.74, 6) is 1.12. The van der Waals surface area contributed by atoms with Gasteiger partial charge >= 0.3 is 6.09 Å². The van der Waals surface area contributed by atoms with Crippen LogP contribution in [0.3, 0.4) is 0 Å². The number of imidazole rings is 1. The van der Waals surface area contributed by atoms with Crippen LogP contribution in [0.25, 0.3) is 11.2 Å². The number of hydrogen-bond acceptors (Lipinski definition) is 9. The summed E-state index contributed by atoms with van der Waals surface area (Å²) in [5.41, 5.74) is 2.18. The van der Waals surface area contributed by atoms with Crippen molar-refractivity contribution >= 4 is 34.7 Å². The van der Waals surface area contributed by atoms with Gasteiger partial charge in [0, 0.05) is 44.9 Å². The van der Waals surface area contributed by atoms with Crippen LogP contribution in [0.5, 0.6) is 0 Å². The van der Waals surface area contributed by atoms with Crippen molar-refractivity contribution in [2.24, 2.45) is 0 Å². The number of ether oxygens (including phenoxy) is 1. The molecule has 0 saturated carbocycles. The molecule has 0 unspecified atom stereocenters. The van der Waals surface area contributed by atoms with E-state index >= 15 is 0 Å². The van der Waals surface area contributed by atoms with E-state index in [-0.39, 0.29) is 11.8 Å². The van der Waals surface area contributed by atoms with E-state index < -0.39 is 4.92 Å². The van der Waals surface area contributed by atoms with Crippen molar-refractivity contribution < 1.29 is 14.5 Å². The highest BCUT2D eigenvalue weighted by atomic mass is 16.6. The molecule has 172 valence electrons. The Morgan fingerprint density at radius 1 is 1.24 bits per heavy atom. The summed E-state index contributed by atoms with van der Waals surface area (Å²) in [6, 6.07) is 6.39. The van der Waals surface area contributed by atoms with Gasteiger partial charge in [0.1, 0.15) is 0 Å². The maximum atomic E-state index is 11.8. The van der Waals surface area contributed by atoms with Crippen molar-refractivity contribution in [2.45, 2.75) is 6.54 Å². The number of hydrogen-bond donors (Lipinski definition) is 1.